The van der Waals surface area contributed by atoms with Gasteiger partial charge in [0.05, 0.1) is 0 Å². The molecule has 0 aromatic rings. The van der Waals surface area contributed by atoms with Gasteiger partial charge in [-0.05, 0) is 58.6 Å². The van der Waals surface area contributed by atoms with Gasteiger partial charge in [0.2, 0.25) is 0 Å². The minimum Gasteiger partial charge on any atom is -0.327 e. The average molecular weight is 237 g/mol. The van der Waals surface area contributed by atoms with Crippen LogP contribution in [0.4, 0.5) is 0 Å². The molecule has 98 valence electrons. The number of hydrogen-bond donors (Lipinski definition) is 1. The summed E-state index contributed by atoms with van der Waals surface area (Å²) in [5.41, 5.74) is 7.15. The van der Waals surface area contributed by atoms with Gasteiger partial charge >= 0.3 is 0 Å². The minimum absolute atomic E-state index is 0.265. The maximum atomic E-state index is 6.04. The minimum atomic E-state index is 0.265. The Morgan fingerprint density at radius 1 is 1.53 bits per heavy atom. The van der Waals surface area contributed by atoms with E-state index in [1.54, 1.807) is 6.20 Å². The van der Waals surface area contributed by atoms with Crippen LogP contribution in [0.3, 0.4) is 0 Å². The topological polar surface area (TPSA) is 41.6 Å². The van der Waals surface area contributed by atoms with Crippen molar-refractivity contribution >= 4 is 6.72 Å². The van der Waals surface area contributed by atoms with Crippen LogP contribution in [-0.2, 0) is 0 Å². The largest absolute Gasteiger partial charge is 0.327 e. The molecule has 0 rings (SSSR count). The fourth-order valence-electron chi connectivity index (χ4n) is 1.52. The van der Waals surface area contributed by atoms with Crippen LogP contribution in [0.15, 0.2) is 28.9 Å². The van der Waals surface area contributed by atoms with E-state index in [0.717, 1.165) is 31.5 Å². The van der Waals surface area contributed by atoms with Gasteiger partial charge in [-0.25, -0.2) is 0 Å². The van der Waals surface area contributed by atoms with Crippen molar-refractivity contribution in [3.05, 3.63) is 23.9 Å². The summed E-state index contributed by atoms with van der Waals surface area (Å²) in [7, 11) is 2.14. The molecule has 0 saturated heterocycles. The molecule has 0 aliphatic carbocycles. The Labute approximate surface area is 106 Å². The van der Waals surface area contributed by atoms with Crippen molar-refractivity contribution in [1.29, 1.82) is 0 Å². The van der Waals surface area contributed by atoms with Crippen molar-refractivity contribution in [2.24, 2.45) is 10.7 Å². The van der Waals surface area contributed by atoms with Gasteiger partial charge < -0.3 is 10.6 Å². The number of rotatable bonds is 9. The van der Waals surface area contributed by atoms with E-state index in [1.165, 1.54) is 6.42 Å². The van der Waals surface area contributed by atoms with Crippen LogP contribution in [0, 0.1) is 0 Å². The second-order valence-electron chi connectivity index (χ2n) is 4.49. The molecule has 3 nitrogen and oxygen atoms in total. The fraction of sp³-hybridized carbons (Fsp3) is 0.643. The lowest BCUT2D eigenvalue weighted by molar-refractivity contribution is 0.337. The van der Waals surface area contributed by atoms with Crippen molar-refractivity contribution < 1.29 is 0 Å². The van der Waals surface area contributed by atoms with Crippen LogP contribution in [0.1, 0.15) is 33.1 Å². The highest BCUT2D eigenvalue weighted by atomic mass is 15.1. The molecule has 17 heavy (non-hydrogen) atoms. The van der Waals surface area contributed by atoms with E-state index in [2.05, 4.69) is 36.7 Å². The smallest absolute Gasteiger partial charge is 0.0289 e. The van der Waals surface area contributed by atoms with Crippen molar-refractivity contribution in [2.75, 3.05) is 20.1 Å². The summed E-state index contributed by atoms with van der Waals surface area (Å²) in [6, 6.07) is 0.265. The lowest BCUT2D eigenvalue weighted by Gasteiger charge is -2.15. The number of nitrogens with zero attached hydrogens (tertiary/aromatic N) is 2. The standard InChI is InChI=1S/C14H27N3/c1-5-17(4)11-7-10-14(15)9-6-8-13(2)12-16-3/h6,8,12,14H,3,5,7,9-11,15H2,1-2,4H3/b8-6-,13-12-. The number of nitrogens with two attached hydrogens (primary N) is 1. The molecule has 0 radical (unpaired) electrons. The third kappa shape index (κ3) is 9.97. The molecule has 1 unspecified atom stereocenters. The van der Waals surface area contributed by atoms with Gasteiger partial charge in [0.25, 0.3) is 0 Å². The van der Waals surface area contributed by atoms with E-state index in [1.807, 2.05) is 13.0 Å². The van der Waals surface area contributed by atoms with Gasteiger partial charge in [-0.1, -0.05) is 19.1 Å². The van der Waals surface area contributed by atoms with E-state index in [4.69, 9.17) is 5.73 Å². The summed E-state index contributed by atoms with van der Waals surface area (Å²) in [5, 5.41) is 0. The molecule has 0 fully saturated rings. The Bertz CT molecular complexity index is 256. The summed E-state index contributed by atoms with van der Waals surface area (Å²) in [4.78, 5) is 6.02. The summed E-state index contributed by atoms with van der Waals surface area (Å²) in [6.45, 7) is 9.84. The molecule has 0 aliphatic heterocycles. The van der Waals surface area contributed by atoms with Gasteiger partial charge in [0, 0.05) is 12.2 Å². The number of allylic oxidation sites excluding steroid dienone is 2. The van der Waals surface area contributed by atoms with E-state index < -0.39 is 0 Å². The quantitative estimate of drug-likeness (QED) is 0.495. The van der Waals surface area contributed by atoms with Crippen LogP contribution in [0.25, 0.3) is 0 Å². The van der Waals surface area contributed by atoms with Crippen LogP contribution in [0.5, 0.6) is 0 Å². The van der Waals surface area contributed by atoms with Gasteiger partial charge in [0.15, 0.2) is 0 Å². The Balaban J connectivity index is 3.69. The van der Waals surface area contributed by atoms with Gasteiger partial charge in [-0.2, -0.15) is 0 Å². The van der Waals surface area contributed by atoms with Crippen LogP contribution < -0.4 is 5.73 Å². The van der Waals surface area contributed by atoms with Crippen LogP contribution >= 0.6 is 0 Å². The zero-order valence-electron chi connectivity index (χ0n) is 11.5. The normalized spacial score (nSPS) is 14.5. The molecular weight excluding hydrogens is 210 g/mol. The molecule has 3 heteroatoms. The lowest BCUT2D eigenvalue weighted by atomic mass is 10.1. The first-order chi connectivity index (χ1) is 8.10. The first-order valence-electron chi connectivity index (χ1n) is 6.33. The Kier molecular flexibility index (Phi) is 9.68. The van der Waals surface area contributed by atoms with E-state index >= 15 is 0 Å². The molecule has 0 aliphatic rings. The summed E-state index contributed by atoms with van der Waals surface area (Å²) < 4.78 is 0. The Morgan fingerprint density at radius 2 is 2.24 bits per heavy atom. The second-order valence-corrected chi connectivity index (χ2v) is 4.49. The Morgan fingerprint density at radius 3 is 2.82 bits per heavy atom. The van der Waals surface area contributed by atoms with E-state index in [9.17, 15) is 0 Å². The fourth-order valence-corrected chi connectivity index (χ4v) is 1.52. The van der Waals surface area contributed by atoms with Crippen LogP contribution in [-0.4, -0.2) is 37.8 Å². The van der Waals surface area contributed by atoms with Crippen molar-refractivity contribution in [3.63, 3.8) is 0 Å². The summed E-state index contributed by atoms with van der Waals surface area (Å²) >= 11 is 0. The molecule has 0 spiro atoms. The monoisotopic (exact) mass is 237 g/mol. The van der Waals surface area contributed by atoms with Crippen molar-refractivity contribution in [2.45, 2.75) is 39.2 Å². The molecule has 0 aromatic heterocycles. The third-order valence-corrected chi connectivity index (χ3v) is 2.77. The predicted octanol–water partition coefficient (Wildman–Crippen LogP) is 2.60. The second kappa shape index (κ2) is 10.2. The van der Waals surface area contributed by atoms with Crippen molar-refractivity contribution in [1.82, 2.24) is 4.90 Å². The highest BCUT2D eigenvalue weighted by Crippen LogP contribution is 2.03. The molecule has 2 N–H and O–H groups in total. The number of hydrogen-bond acceptors (Lipinski definition) is 3. The predicted molar refractivity (Wildman–Crippen MR) is 77.4 cm³/mol. The zero-order valence-corrected chi connectivity index (χ0v) is 11.5. The highest BCUT2D eigenvalue weighted by Gasteiger charge is 2.01. The van der Waals surface area contributed by atoms with E-state index in [-0.39, 0.29) is 6.04 Å². The molecular formula is C14H27N3. The first kappa shape index (κ1) is 16.1. The summed E-state index contributed by atoms with van der Waals surface area (Å²) in [5.74, 6) is 0. The van der Waals surface area contributed by atoms with E-state index in [0.29, 0.717) is 0 Å². The van der Waals surface area contributed by atoms with Crippen molar-refractivity contribution in [3.8, 4) is 0 Å². The molecule has 0 aromatic carbocycles. The average Bonchev–Trinajstić information content (AvgIpc) is 2.29. The molecule has 0 heterocycles. The van der Waals surface area contributed by atoms with Gasteiger partial charge in [0.1, 0.15) is 0 Å². The molecule has 0 saturated carbocycles. The molecule has 1 atom stereocenters. The number of aliphatic imine (C=N–C) groups is 1. The molecule has 0 bridgehead atoms. The summed E-state index contributed by atoms with van der Waals surface area (Å²) in [6.07, 6.45) is 9.09. The highest BCUT2D eigenvalue weighted by molar-refractivity contribution is 5.28. The third-order valence-electron chi connectivity index (χ3n) is 2.77. The SMILES string of the molecule is C=N/C=C(C)\C=C/CC(N)CCCN(C)CC. The maximum absolute atomic E-state index is 6.04. The molecule has 0 amide bonds. The van der Waals surface area contributed by atoms with Crippen LogP contribution in [0.2, 0.25) is 0 Å². The first-order valence-corrected chi connectivity index (χ1v) is 6.33. The Hall–Kier alpha value is -0.930. The lowest BCUT2D eigenvalue weighted by Crippen LogP contribution is -2.23. The van der Waals surface area contributed by atoms with Gasteiger partial charge in [-0.3, -0.25) is 4.99 Å². The zero-order chi connectivity index (χ0) is 13.1. The maximum Gasteiger partial charge on any atom is 0.0289 e. The van der Waals surface area contributed by atoms with Gasteiger partial charge in [-0.15, -0.1) is 0 Å².